The Morgan fingerprint density at radius 2 is 2.06 bits per heavy atom. The van der Waals surface area contributed by atoms with Gasteiger partial charge in [-0.3, -0.25) is 0 Å². The molecule has 17 heavy (non-hydrogen) atoms. The third kappa shape index (κ3) is 3.44. The topological polar surface area (TPSA) is 55.4 Å². The van der Waals surface area contributed by atoms with Gasteiger partial charge in [-0.1, -0.05) is 0 Å². The van der Waals surface area contributed by atoms with Gasteiger partial charge >= 0.3 is 0 Å². The summed E-state index contributed by atoms with van der Waals surface area (Å²) < 4.78 is 28.0. The van der Waals surface area contributed by atoms with Crippen LogP contribution < -0.4 is 5.32 Å². The van der Waals surface area contributed by atoms with E-state index in [2.05, 4.69) is 5.32 Å². The van der Waals surface area contributed by atoms with Crippen LogP contribution in [0.1, 0.15) is 12.8 Å². The Balaban J connectivity index is 1.94. The lowest BCUT2D eigenvalue weighted by Gasteiger charge is -2.12. The second-order valence-electron chi connectivity index (χ2n) is 4.31. The molecule has 1 N–H and O–H groups in total. The van der Waals surface area contributed by atoms with E-state index in [0.29, 0.717) is 4.90 Å². The highest BCUT2D eigenvalue weighted by Crippen LogP contribution is 2.16. The van der Waals surface area contributed by atoms with Crippen molar-refractivity contribution in [2.24, 2.45) is 0 Å². The number of anilines is 1. The predicted octanol–water partition coefficient (Wildman–Crippen LogP) is 1.68. The maximum absolute atomic E-state index is 11.3. The van der Waals surface area contributed by atoms with Crippen LogP contribution in [0.2, 0.25) is 0 Å². The number of nitrogens with one attached hydrogen (secondary N) is 1. The van der Waals surface area contributed by atoms with E-state index in [1.807, 2.05) is 0 Å². The summed E-state index contributed by atoms with van der Waals surface area (Å²) in [5.74, 6) is 0. The average Bonchev–Trinajstić information content (AvgIpc) is 2.78. The molecule has 1 saturated heterocycles. The Bertz CT molecular complexity index is 461. The lowest BCUT2D eigenvalue weighted by atomic mass is 10.2. The van der Waals surface area contributed by atoms with Gasteiger partial charge in [0.2, 0.25) is 0 Å². The van der Waals surface area contributed by atoms with E-state index in [0.717, 1.165) is 31.7 Å². The second-order valence-corrected chi connectivity index (χ2v) is 6.33. The summed E-state index contributed by atoms with van der Waals surface area (Å²) in [6.07, 6.45) is 3.71. The zero-order valence-electron chi connectivity index (χ0n) is 9.85. The van der Waals surface area contributed by atoms with Crippen LogP contribution in [-0.4, -0.2) is 33.9 Å². The average molecular weight is 255 g/mol. The van der Waals surface area contributed by atoms with Crippen molar-refractivity contribution in [1.82, 2.24) is 0 Å². The predicted molar refractivity (Wildman–Crippen MR) is 67.0 cm³/mol. The monoisotopic (exact) mass is 255 g/mol. The first-order valence-electron chi connectivity index (χ1n) is 5.71. The van der Waals surface area contributed by atoms with Gasteiger partial charge in [-0.05, 0) is 37.1 Å². The molecule has 0 aliphatic carbocycles. The van der Waals surface area contributed by atoms with E-state index < -0.39 is 9.84 Å². The second kappa shape index (κ2) is 5.06. The summed E-state index contributed by atoms with van der Waals surface area (Å²) >= 11 is 0. The number of rotatable bonds is 4. The van der Waals surface area contributed by atoms with Crippen LogP contribution in [0, 0.1) is 0 Å². The fourth-order valence-electron chi connectivity index (χ4n) is 1.86. The van der Waals surface area contributed by atoms with Gasteiger partial charge in [-0.25, -0.2) is 8.42 Å². The quantitative estimate of drug-likeness (QED) is 0.889. The van der Waals surface area contributed by atoms with Crippen LogP contribution in [0.25, 0.3) is 0 Å². The third-order valence-corrected chi connectivity index (χ3v) is 3.97. The largest absolute Gasteiger partial charge is 0.382 e. The van der Waals surface area contributed by atoms with E-state index in [9.17, 15) is 8.42 Å². The molecular weight excluding hydrogens is 238 g/mol. The van der Waals surface area contributed by atoms with Crippen LogP contribution in [0.5, 0.6) is 0 Å². The molecule has 1 atom stereocenters. The smallest absolute Gasteiger partial charge is 0.175 e. The van der Waals surface area contributed by atoms with Crippen molar-refractivity contribution in [3.05, 3.63) is 24.3 Å². The molecule has 0 radical (unpaired) electrons. The van der Waals surface area contributed by atoms with Gasteiger partial charge in [0.05, 0.1) is 11.0 Å². The van der Waals surface area contributed by atoms with Crippen LogP contribution >= 0.6 is 0 Å². The van der Waals surface area contributed by atoms with Crippen LogP contribution in [-0.2, 0) is 14.6 Å². The molecule has 1 aromatic carbocycles. The highest BCUT2D eigenvalue weighted by atomic mass is 32.2. The molecule has 1 aromatic rings. The van der Waals surface area contributed by atoms with Crippen LogP contribution in [0.15, 0.2) is 29.2 Å². The summed E-state index contributed by atoms with van der Waals surface area (Å²) in [6.45, 7) is 1.62. The maximum Gasteiger partial charge on any atom is 0.175 e. The van der Waals surface area contributed by atoms with Crippen molar-refractivity contribution in [2.45, 2.75) is 23.8 Å². The molecule has 1 aliphatic rings. The first kappa shape index (κ1) is 12.4. The molecule has 0 bridgehead atoms. The van der Waals surface area contributed by atoms with Gasteiger partial charge in [-0.2, -0.15) is 0 Å². The summed E-state index contributed by atoms with van der Waals surface area (Å²) in [7, 11) is -3.10. The Labute approximate surface area is 102 Å². The standard InChI is InChI=1S/C12H17NO3S/c1-17(14,15)12-6-4-10(5-7-12)13-9-11-3-2-8-16-11/h4-7,11,13H,2-3,8-9H2,1H3. The zero-order chi connectivity index (χ0) is 12.3. The van der Waals surface area contributed by atoms with Crippen LogP contribution in [0.3, 0.4) is 0 Å². The van der Waals surface area contributed by atoms with Crippen LogP contribution in [0.4, 0.5) is 5.69 Å². The molecule has 0 spiro atoms. The minimum Gasteiger partial charge on any atom is -0.382 e. The number of ether oxygens (including phenoxy) is 1. The molecule has 1 heterocycles. The van der Waals surface area contributed by atoms with Gasteiger partial charge in [0.25, 0.3) is 0 Å². The maximum atomic E-state index is 11.3. The Hall–Kier alpha value is -1.07. The first-order valence-corrected chi connectivity index (χ1v) is 7.60. The lowest BCUT2D eigenvalue weighted by molar-refractivity contribution is 0.120. The Kier molecular flexibility index (Phi) is 3.69. The normalized spacial score (nSPS) is 20.4. The molecule has 2 rings (SSSR count). The van der Waals surface area contributed by atoms with E-state index in [1.165, 1.54) is 6.26 Å². The lowest BCUT2D eigenvalue weighted by Crippen LogP contribution is -2.18. The van der Waals surface area contributed by atoms with Gasteiger partial charge in [0.15, 0.2) is 9.84 Å². The van der Waals surface area contributed by atoms with E-state index in [1.54, 1.807) is 24.3 Å². The van der Waals surface area contributed by atoms with Gasteiger partial charge in [0, 0.05) is 25.1 Å². The van der Waals surface area contributed by atoms with Crippen molar-refractivity contribution >= 4 is 15.5 Å². The molecule has 1 aliphatic heterocycles. The van der Waals surface area contributed by atoms with Gasteiger partial charge < -0.3 is 10.1 Å². The number of sulfone groups is 1. The molecule has 0 amide bonds. The SMILES string of the molecule is CS(=O)(=O)c1ccc(NCC2CCCO2)cc1. The molecule has 1 fully saturated rings. The van der Waals surface area contributed by atoms with Crippen molar-refractivity contribution in [2.75, 3.05) is 24.7 Å². The molecule has 0 aromatic heterocycles. The van der Waals surface area contributed by atoms with Crippen molar-refractivity contribution in [3.63, 3.8) is 0 Å². The van der Waals surface area contributed by atoms with Gasteiger partial charge in [0.1, 0.15) is 0 Å². The Morgan fingerprint density at radius 3 is 2.59 bits per heavy atom. The highest BCUT2D eigenvalue weighted by Gasteiger charge is 2.14. The van der Waals surface area contributed by atoms with Crippen molar-refractivity contribution in [1.29, 1.82) is 0 Å². The van der Waals surface area contributed by atoms with E-state index in [4.69, 9.17) is 4.74 Å². The molecular formula is C12H17NO3S. The molecule has 1 unspecified atom stereocenters. The molecule has 94 valence electrons. The zero-order valence-corrected chi connectivity index (χ0v) is 10.7. The summed E-state index contributed by atoms with van der Waals surface area (Å²) in [5.41, 5.74) is 0.924. The van der Waals surface area contributed by atoms with Crippen molar-refractivity contribution in [3.8, 4) is 0 Å². The Morgan fingerprint density at radius 1 is 1.35 bits per heavy atom. The number of hydrogen-bond donors (Lipinski definition) is 1. The van der Waals surface area contributed by atoms with Gasteiger partial charge in [-0.15, -0.1) is 0 Å². The molecule has 4 nitrogen and oxygen atoms in total. The van der Waals surface area contributed by atoms with Crippen molar-refractivity contribution < 1.29 is 13.2 Å². The van der Waals surface area contributed by atoms with E-state index >= 15 is 0 Å². The summed E-state index contributed by atoms with van der Waals surface area (Å²) in [5, 5.41) is 3.25. The molecule has 5 heteroatoms. The highest BCUT2D eigenvalue weighted by molar-refractivity contribution is 7.90. The first-order chi connectivity index (χ1) is 8.05. The summed E-state index contributed by atoms with van der Waals surface area (Å²) in [6, 6.07) is 6.80. The fourth-order valence-corrected chi connectivity index (χ4v) is 2.49. The number of hydrogen-bond acceptors (Lipinski definition) is 4. The van der Waals surface area contributed by atoms with E-state index in [-0.39, 0.29) is 6.10 Å². The number of benzene rings is 1. The fraction of sp³-hybridized carbons (Fsp3) is 0.500. The minimum absolute atomic E-state index is 0.282. The summed E-state index contributed by atoms with van der Waals surface area (Å²) in [4.78, 5) is 0.347. The minimum atomic E-state index is -3.10. The molecule has 0 saturated carbocycles. The third-order valence-electron chi connectivity index (χ3n) is 2.84.